The summed E-state index contributed by atoms with van der Waals surface area (Å²) in [5, 5.41) is 12.1. The van der Waals surface area contributed by atoms with Gasteiger partial charge in [-0.1, -0.05) is 37.3 Å². The molecule has 6 heteroatoms. The molecule has 2 N–H and O–H groups in total. The molecule has 0 spiro atoms. The quantitative estimate of drug-likeness (QED) is 0.712. The Morgan fingerprint density at radius 2 is 1.84 bits per heavy atom. The molecule has 25 heavy (non-hydrogen) atoms. The van der Waals surface area contributed by atoms with Crippen LogP contribution in [0.4, 0.5) is 13.2 Å². The number of nitrogens with one attached hydrogen (secondary N) is 1. The van der Waals surface area contributed by atoms with E-state index in [0.29, 0.717) is 25.1 Å². The molecule has 3 nitrogen and oxygen atoms in total. The molecule has 2 aromatic carbocycles. The molecule has 0 saturated heterocycles. The normalized spacial score (nSPS) is 12.8. The van der Waals surface area contributed by atoms with Crippen LogP contribution in [-0.2, 0) is 12.7 Å². The largest absolute Gasteiger partial charge is 0.478 e. The van der Waals surface area contributed by atoms with E-state index < -0.39 is 17.7 Å². The molecule has 1 atom stereocenters. The number of benzene rings is 2. The predicted octanol–water partition coefficient (Wildman–Crippen LogP) is 4.69. The molecular weight excluding hydrogens is 331 g/mol. The Morgan fingerprint density at radius 1 is 1.16 bits per heavy atom. The van der Waals surface area contributed by atoms with Gasteiger partial charge in [0.25, 0.3) is 0 Å². The van der Waals surface area contributed by atoms with Crippen molar-refractivity contribution in [3.8, 4) is 0 Å². The van der Waals surface area contributed by atoms with Crippen molar-refractivity contribution < 1.29 is 23.1 Å². The number of carboxylic acid groups (broad SMARTS) is 1. The second kappa shape index (κ2) is 8.16. The van der Waals surface area contributed by atoms with Crippen molar-refractivity contribution in [1.29, 1.82) is 0 Å². The van der Waals surface area contributed by atoms with Crippen molar-refractivity contribution >= 4 is 5.97 Å². The van der Waals surface area contributed by atoms with E-state index in [4.69, 9.17) is 5.11 Å². The highest BCUT2D eigenvalue weighted by molar-refractivity contribution is 5.87. The fraction of sp³-hybridized carbons (Fsp3) is 0.316. The average molecular weight is 351 g/mol. The topological polar surface area (TPSA) is 49.3 Å². The third-order valence-corrected chi connectivity index (χ3v) is 4.07. The molecule has 0 fully saturated rings. The summed E-state index contributed by atoms with van der Waals surface area (Å²) in [5.74, 6) is -0.960. The molecule has 134 valence electrons. The lowest BCUT2D eigenvalue weighted by Gasteiger charge is -2.15. The minimum absolute atomic E-state index is 0.00388. The number of carbonyl (C=O) groups is 1. The van der Waals surface area contributed by atoms with Crippen LogP contribution in [0, 0.1) is 0 Å². The number of carboxylic acids is 1. The molecule has 0 radical (unpaired) electrons. The highest BCUT2D eigenvalue weighted by Gasteiger charge is 2.30. The zero-order chi connectivity index (χ0) is 18.4. The van der Waals surface area contributed by atoms with Gasteiger partial charge in [0.1, 0.15) is 0 Å². The highest BCUT2D eigenvalue weighted by atomic mass is 19.4. The summed E-state index contributed by atoms with van der Waals surface area (Å²) < 4.78 is 38.3. The van der Waals surface area contributed by atoms with Crippen LogP contribution < -0.4 is 5.32 Å². The van der Waals surface area contributed by atoms with Gasteiger partial charge in [-0.2, -0.15) is 13.2 Å². The molecule has 0 bridgehead atoms. The van der Waals surface area contributed by atoms with Crippen molar-refractivity contribution in [1.82, 2.24) is 5.32 Å². The SMILES string of the molecule is CC(CCNCc1ccc(C(=O)O)cc1)c1cccc(C(F)(F)F)c1. The van der Waals surface area contributed by atoms with E-state index in [1.54, 1.807) is 30.3 Å². The van der Waals surface area contributed by atoms with E-state index in [1.807, 2.05) is 6.92 Å². The van der Waals surface area contributed by atoms with Crippen molar-refractivity contribution in [3.05, 3.63) is 70.8 Å². The zero-order valence-electron chi connectivity index (χ0n) is 13.8. The molecular formula is C19H20F3NO2. The lowest BCUT2D eigenvalue weighted by atomic mass is 9.96. The van der Waals surface area contributed by atoms with Crippen LogP contribution in [0.15, 0.2) is 48.5 Å². The summed E-state index contributed by atoms with van der Waals surface area (Å²) in [7, 11) is 0. The van der Waals surface area contributed by atoms with Crippen molar-refractivity contribution in [2.75, 3.05) is 6.54 Å². The number of rotatable bonds is 7. The zero-order valence-corrected chi connectivity index (χ0v) is 13.8. The van der Waals surface area contributed by atoms with Gasteiger partial charge in [0.05, 0.1) is 11.1 Å². The van der Waals surface area contributed by atoms with E-state index in [2.05, 4.69) is 5.32 Å². The summed E-state index contributed by atoms with van der Waals surface area (Å²) >= 11 is 0. The Morgan fingerprint density at radius 3 is 2.44 bits per heavy atom. The Hall–Kier alpha value is -2.34. The first-order valence-electron chi connectivity index (χ1n) is 7.97. The summed E-state index contributed by atoms with van der Waals surface area (Å²) in [4.78, 5) is 10.8. The number of alkyl halides is 3. The van der Waals surface area contributed by atoms with Crippen LogP contribution in [0.3, 0.4) is 0 Å². The van der Waals surface area contributed by atoms with Gasteiger partial charge in [-0.25, -0.2) is 4.79 Å². The number of hydrogen-bond acceptors (Lipinski definition) is 2. The standard InChI is InChI=1S/C19H20F3NO2/c1-13(16-3-2-4-17(11-16)19(20,21)22)9-10-23-12-14-5-7-15(8-6-14)18(24)25/h2-8,11,13,23H,9-10,12H2,1H3,(H,24,25). The highest BCUT2D eigenvalue weighted by Crippen LogP contribution is 2.31. The maximum absolute atomic E-state index is 12.8. The monoisotopic (exact) mass is 351 g/mol. The molecule has 2 rings (SSSR count). The summed E-state index contributed by atoms with van der Waals surface area (Å²) in [6.45, 7) is 3.13. The Kier molecular flexibility index (Phi) is 6.20. The van der Waals surface area contributed by atoms with E-state index in [9.17, 15) is 18.0 Å². The van der Waals surface area contributed by atoms with Gasteiger partial charge in [-0.05, 0) is 48.2 Å². The molecule has 0 aromatic heterocycles. The third kappa shape index (κ3) is 5.60. The fourth-order valence-corrected chi connectivity index (χ4v) is 2.50. The van der Waals surface area contributed by atoms with E-state index >= 15 is 0 Å². The number of aromatic carboxylic acids is 1. The Bertz CT molecular complexity index is 711. The minimum Gasteiger partial charge on any atom is -0.478 e. The van der Waals surface area contributed by atoms with E-state index in [-0.39, 0.29) is 11.5 Å². The lowest BCUT2D eigenvalue weighted by molar-refractivity contribution is -0.137. The molecule has 2 aromatic rings. The maximum atomic E-state index is 12.8. The third-order valence-electron chi connectivity index (χ3n) is 4.07. The van der Waals surface area contributed by atoms with Gasteiger partial charge in [0.2, 0.25) is 0 Å². The first kappa shape index (κ1) is 19.0. The molecule has 0 amide bonds. The first-order valence-corrected chi connectivity index (χ1v) is 7.97. The van der Waals surface area contributed by atoms with Crippen molar-refractivity contribution in [3.63, 3.8) is 0 Å². The van der Waals surface area contributed by atoms with E-state index in [1.165, 1.54) is 12.1 Å². The molecule has 0 aliphatic carbocycles. The van der Waals surface area contributed by atoms with Crippen LogP contribution >= 0.6 is 0 Å². The van der Waals surface area contributed by atoms with Gasteiger partial charge in [-0.3, -0.25) is 0 Å². The summed E-state index contributed by atoms with van der Waals surface area (Å²) in [6.07, 6.45) is -3.62. The van der Waals surface area contributed by atoms with Crippen LogP contribution in [0.5, 0.6) is 0 Å². The van der Waals surface area contributed by atoms with Gasteiger partial charge in [0, 0.05) is 6.54 Å². The first-order chi connectivity index (χ1) is 11.8. The maximum Gasteiger partial charge on any atom is 0.416 e. The predicted molar refractivity (Wildman–Crippen MR) is 89.6 cm³/mol. The Labute approximate surface area is 144 Å². The van der Waals surface area contributed by atoms with E-state index in [0.717, 1.165) is 11.6 Å². The lowest BCUT2D eigenvalue weighted by Crippen LogP contribution is -2.17. The van der Waals surface area contributed by atoms with Gasteiger partial charge in [0.15, 0.2) is 0 Å². The van der Waals surface area contributed by atoms with Crippen molar-refractivity contribution in [2.24, 2.45) is 0 Å². The average Bonchev–Trinajstić information content (AvgIpc) is 2.58. The fourth-order valence-electron chi connectivity index (χ4n) is 2.50. The van der Waals surface area contributed by atoms with Crippen LogP contribution in [-0.4, -0.2) is 17.6 Å². The van der Waals surface area contributed by atoms with Gasteiger partial charge in [-0.15, -0.1) is 0 Å². The molecule has 0 saturated carbocycles. The summed E-state index contributed by atoms with van der Waals surface area (Å²) in [6, 6.07) is 12.0. The Balaban J connectivity index is 1.82. The second-order valence-corrected chi connectivity index (χ2v) is 5.99. The van der Waals surface area contributed by atoms with Gasteiger partial charge >= 0.3 is 12.1 Å². The summed E-state index contributed by atoms with van der Waals surface area (Å²) in [5.41, 5.74) is 1.24. The smallest absolute Gasteiger partial charge is 0.416 e. The van der Waals surface area contributed by atoms with Crippen LogP contribution in [0.2, 0.25) is 0 Å². The molecule has 1 unspecified atom stereocenters. The van der Waals surface area contributed by atoms with Crippen LogP contribution in [0.25, 0.3) is 0 Å². The molecule has 0 aliphatic rings. The van der Waals surface area contributed by atoms with Gasteiger partial charge < -0.3 is 10.4 Å². The van der Waals surface area contributed by atoms with Crippen molar-refractivity contribution in [2.45, 2.75) is 32.0 Å². The van der Waals surface area contributed by atoms with Crippen LogP contribution in [0.1, 0.15) is 46.3 Å². The second-order valence-electron chi connectivity index (χ2n) is 5.99. The molecule has 0 aliphatic heterocycles. The molecule has 0 heterocycles. The number of halogens is 3. The number of hydrogen-bond donors (Lipinski definition) is 2. The minimum atomic E-state index is -4.32.